The van der Waals surface area contributed by atoms with E-state index in [0.717, 1.165) is 24.3 Å². The van der Waals surface area contributed by atoms with Crippen LogP contribution in [0.25, 0.3) is 0 Å². The van der Waals surface area contributed by atoms with E-state index in [1.54, 1.807) is 0 Å². The van der Waals surface area contributed by atoms with E-state index in [2.05, 4.69) is 46.9 Å². The van der Waals surface area contributed by atoms with Crippen LogP contribution in [0.15, 0.2) is 0 Å². The molecule has 1 N–H and O–H groups in total. The highest BCUT2D eigenvalue weighted by atomic mass is 14.9. The molecule has 0 spiro atoms. The van der Waals surface area contributed by atoms with Crippen LogP contribution in [-0.2, 0) is 0 Å². The van der Waals surface area contributed by atoms with E-state index < -0.39 is 0 Å². The molecular formula is C16H33N. The lowest BCUT2D eigenvalue weighted by atomic mass is 9.69. The van der Waals surface area contributed by atoms with Crippen LogP contribution in [0.3, 0.4) is 0 Å². The molecule has 1 aliphatic carbocycles. The van der Waals surface area contributed by atoms with Gasteiger partial charge < -0.3 is 5.32 Å². The van der Waals surface area contributed by atoms with E-state index in [1.807, 2.05) is 0 Å². The van der Waals surface area contributed by atoms with Crippen molar-refractivity contribution in [3.05, 3.63) is 0 Å². The van der Waals surface area contributed by atoms with Gasteiger partial charge in [-0.2, -0.15) is 0 Å². The molecule has 0 amide bonds. The molecule has 1 heteroatoms. The first-order chi connectivity index (χ1) is 7.86. The summed E-state index contributed by atoms with van der Waals surface area (Å²) < 4.78 is 0. The van der Waals surface area contributed by atoms with Crippen molar-refractivity contribution in [3.63, 3.8) is 0 Å². The Bertz CT molecular complexity index is 206. The summed E-state index contributed by atoms with van der Waals surface area (Å²) in [6.07, 6.45) is 5.75. The maximum atomic E-state index is 3.74. The van der Waals surface area contributed by atoms with Gasteiger partial charge in [0.1, 0.15) is 0 Å². The minimum absolute atomic E-state index is 0.394. The molecule has 0 heterocycles. The van der Waals surface area contributed by atoms with Crippen molar-refractivity contribution < 1.29 is 0 Å². The summed E-state index contributed by atoms with van der Waals surface area (Å²) in [6, 6.07) is 0.695. The Morgan fingerprint density at radius 3 is 1.82 bits per heavy atom. The van der Waals surface area contributed by atoms with Gasteiger partial charge in [0.05, 0.1) is 0 Å². The Hall–Kier alpha value is -0.0400. The topological polar surface area (TPSA) is 12.0 Å². The quantitative estimate of drug-likeness (QED) is 0.763. The van der Waals surface area contributed by atoms with Crippen LogP contribution in [0.2, 0.25) is 0 Å². The van der Waals surface area contributed by atoms with Crippen molar-refractivity contribution in [2.75, 3.05) is 6.54 Å². The van der Waals surface area contributed by atoms with Crippen molar-refractivity contribution >= 4 is 0 Å². The molecule has 1 fully saturated rings. The van der Waals surface area contributed by atoms with Crippen LogP contribution >= 0.6 is 0 Å². The SMILES string of the molecule is CCNC(C1CCC(C(C)C)CC1)C(C)(C)C. The van der Waals surface area contributed by atoms with Gasteiger partial charge in [-0.1, -0.05) is 41.5 Å². The Morgan fingerprint density at radius 1 is 1.00 bits per heavy atom. The van der Waals surface area contributed by atoms with Crippen LogP contribution < -0.4 is 5.32 Å². The summed E-state index contributed by atoms with van der Waals surface area (Å²) in [4.78, 5) is 0. The Kier molecular flexibility index (Phi) is 5.50. The Morgan fingerprint density at radius 2 is 1.47 bits per heavy atom. The Balaban J connectivity index is 2.55. The highest BCUT2D eigenvalue weighted by Crippen LogP contribution is 2.39. The highest BCUT2D eigenvalue weighted by molar-refractivity contribution is 4.89. The summed E-state index contributed by atoms with van der Waals surface area (Å²) in [6.45, 7) is 15.3. The summed E-state index contributed by atoms with van der Waals surface area (Å²) in [5.74, 6) is 2.75. The van der Waals surface area contributed by atoms with E-state index in [9.17, 15) is 0 Å². The van der Waals surface area contributed by atoms with Crippen LogP contribution in [0, 0.1) is 23.2 Å². The van der Waals surface area contributed by atoms with Gasteiger partial charge in [0.2, 0.25) is 0 Å². The first kappa shape index (κ1) is 15.0. The molecule has 0 aliphatic heterocycles. The second-order valence-electron chi connectivity index (χ2n) is 7.32. The zero-order chi connectivity index (χ0) is 13.1. The first-order valence-corrected chi connectivity index (χ1v) is 7.59. The van der Waals surface area contributed by atoms with Gasteiger partial charge in [0.25, 0.3) is 0 Å². The predicted octanol–water partition coefficient (Wildman–Crippen LogP) is 4.47. The van der Waals surface area contributed by atoms with Crippen molar-refractivity contribution in [2.45, 2.75) is 73.3 Å². The average Bonchev–Trinajstić information content (AvgIpc) is 2.24. The smallest absolute Gasteiger partial charge is 0.0144 e. The van der Waals surface area contributed by atoms with Gasteiger partial charge in [-0.15, -0.1) is 0 Å². The van der Waals surface area contributed by atoms with Crippen LogP contribution in [-0.4, -0.2) is 12.6 Å². The Labute approximate surface area is 109 Å². The van der Waals surface area contributed by atoms with E-state index >= 15 is 0 Å². The second kappa shape index (κ2) is 6.22. The highest BCUT2D eigenvalue weighted by Gasteiger charge is 2.34. The number of nitrogens with one attached hydrogen (secondary N) is 1. The van der Waals surface area contributed by atoms with E-state index in [4.69, 9.17) is 0 Å². The molecule has 1 aliphatic rings. The monoisotopic (exact) mass is 239 g/mol. The van der Waals surface area contributed by atoms with Gasteiger partial charge in [-0.25, -0.2) is 0 Å². The molecule has 1 rings (SSSR count). The average molecular weight is 239 g/mol. The molecule has 1 unspecified atom stereocenters. The molecule has 0 aromatic heterocycles. The fourth-order valence-corrected chi connectivity index (χ4v) is 3.54. The zero-order valence-corrected chi connectivity index (χ0v) is 12.8. The number of hydrogen-bond donors (Lipinski definition) is 1. The van der Waals surface area contributed by atoms with Crippen molar-refractivity contribution in [1.29, 1.82) is 0 Å². The third kappa shape index (κ3) is 4.28. The number of hydrogen-bond acceptors (Lipinski definition) is 1. The second-order valence-corrected chi connectivity index (χ2v) is 7.32. The summed E-state index contributed by atoms with van der Waals surface area (Å²) >= 11 is 0. The molecule has 1 nitrogen and oxygen atoms in total. The molecule has 1 atom stereocenters. The molecule has 0 aromatic carbocycles. The van der Waals surface area contributed by atoms with Crippen molar-refractivity contribution in [3.8, 4) is 0 Å². The molecule has 0 bridgehead atoms. The first-order valence-electron chi connectivity index (χ1n) is 7.59. The standard InChI is InChI=1S/C16H33N/c1-7-17-15(16(4,5)6)14-10-8-13(9-11-14)12(2)3/h12-15,17H,7-11H2,1-6H3. The fraction of sp³-hybridized carbons (Fsp3) is 1.00. The normalized spacial score (nSPS) is 28.4. The summed E-state index contributed by atoms with van der Waals surface area (Å²) in [5, 5.41) is 3.74. The van der Waals surface area contributed by atoms with Crippen LogP contribution in [0.4, 0.5) is 0 Å². The molecular weight excluding hydrogens is 206 g/mol. The van der Waals surface area contributed by atoms with Gasteiger partial charge in [0, 0.05) is 6.04 Å². The van der Waals surface area contributed by atoms with Crippen molar-refractivity contribution in [1.82, 2.24) is 5.32 Å². The molecule has 0 saturated heterocycles. The molecule has 102 valence electrons. The molecule has 0 aromatic rings. The third-order valence-electron chi connectivity index (χ3n) is 4.59. The van der Waals surface area contributed by atoms with Gasteiger partial charge in [0.15, 0.2) is 0 Å². The lowest BCUT2D eigenvalue weighted by molar-refractivity contribution is 0.127. The maximum Gasteiger partial charge on any atom is 0.0144 e. The summed E-state index contributed by atoms with van der Waals surface area (Å²) in [5.41, 5.74) is 0.394. The molecule has 1 saturated carbocycles. The maximum absolute atomic E-state index is 3.74. The van der Waals surface area contributed by atoms with Gasteiger partial charge >= 0.3 is 0 Å². The largest absolute Gasteiger partial charge is 0.313 e. The predicted molar refractivity (Wildman–Crippen MR) is 77.2 cm³/mol. The fourth-order valence-electron chi connectivity index (χ4n) is 3.54. The van der Waals surface area contributed by atoms with Gasteiger partial charge in [-0.05, 0) is 55.4 Å². The third-order valence-corrected chi connectivity index (χ3v) is 4.59. The lowest BCUT2D eigenvalue weighted by Crippen LogP contribution is -2.47. The minimum atomic E-state index is 0.394. The van der Waals surface area contributed by atoms with E-state index in [0.29, 0.717) is 11.5 Å². The lowest BCUT2D eigenvalue weighted by Gasteiger charge is -2.42. The van der Waals surface area contributed by atoms with Crippen LogP contribution in [0.5, 0.6) is 0 Å². The zero-order valence-electron chi connectivity index (χ0n) is 12.8. The van der Waals surface area contributed by atoms with Crippen molar-refractivity contribution in [2.24, 2.45) is 23.2 Å². The number of rotatable bonds is 4. The van der Waals surface area contributed by atoms with Crippen LogP contribution in [0.1, 0.15) is 67.2 Å². The summed E-state index contributed by atoms with van der Waals surface area (Å²) in [7, 11) is 0. The molecule has 17 heavy (non-hydrogen) atoms. The molecule has 0 radical (unpaired) electrons. The van der Waals surface area contributed by atoms with Gasteiger partial charge in [-0.3, -0.25) is 0 Å². The van der Waals surface area contributed by atoms with E-state index in [-0.39, 0.29) is 0 Å². The van der Waals surface area contributed by atoms with E-state index in [1.165, 1.54) is 25.7 Å². The minimum Gasteiger partial charge on any atom is -0.313 e.